The van der Waals surface area contributed by atoms with E-state index < -0.39 is 0 Å². The summed E-state index contributed by atoms with van der Waals surface area (Å²) >= 11 is 0. The van der Waals surface area contributed by atoms with Gasteiger partial charge in [0.25, 0.3) is 0 Å². The summed E-state index contributed by atoms with van der Waals surface area (Å²) in [6.45, 7) is 2.32. The Labute approximate surface area is 69.6 Å². The molecular weight excluding hydrogens is 134 g/mol. The molecule has 0 aromatic carbocycles. The highest BCUT2D eigenvalue weighted by Crippen LogP contribution is 2.49. The molecule has 2 aliphatic rings. The largest absolute Gasteiger partial charge is 0.316 e. The first-order chi connectivity index (χ1) is 5.36. The highest BCUT2D eigenvalue weighted by molar-refractivity contribution is 5.00. The van der Waals surface area contributed by atoms with E-state index in [-0.39, 0.29) is 0 Å². The lowest BCUT2D eigenvalue weighted by atomic mass is 10.1. The van der Waals surface area contributed by atoms with Gasteiger partial charge in [-0.15, -0.1) is 0 Å². The lowest BCUT2D eigenvalue weighted by molar-refractivity contribution is 0.425. The SMILES string of the molecule is CCC1CC1C(NC)C1CC1. The van der Waals surface area contributed by atoms with Crippen LogP contribution >= 0.6 is 0 Å². The zero-order valence-electron chi connectivity index (χ0n) is 7.64. The second kappa shape index (κ2) is 2.78. The highest BCUT2D eigenvalue weighted by Gasteiger charge is 2.46. The molecule has 2 aliphatic carbocycles. The van der Waals surface area contributed by atoms with E-state index >= 15 is 0 Å². The van der Waals surface area contributed by atoms with Crippen LogP contribution in [0.25, 0.3) is 0 Å². The van der Waals surface area contributed by atoms with E-state index in [4.69, 9.17) is 0 Å². The van der Waals surface area contributed by atoms with Gasteiger partial charge >= 0.3 is 0 Å². The molecule has 11 heavy (non-hydrogen) atoms. The van der Waals surface area contributed by atoms with Gasteiger partial charge in [0.1, 0.15) is 0 Å². The molecule has 1 N–H and O–H groups in total. The fraction of sp³-hybridized carbons (Fsp3) is 1.00. The summed E-state index contributed by atoms with van der Waals surface area (Å²) in [4.78, 5) is 0. The molecule has 1 heteroatoms. The molecule has 0 spiro atoms. The van der Waals surface area contributed by atoms with E-state index in [0.29, 0.717) is 0 Å². The molecule has 0 heterocycles. The molecule has 0 aromatic heterocycles. The van der Waals surface area contributed by atoms with Crippen LogP contribution in [0.1, 0.15) is 32.6 Å². The van der Waals surface area contributed by atoms with Gasteiger partial charge in [-0.25, -0.2) is 0 Å². The van der Waals surface area contributed by atoms with Crippen molar-refractivity contribution in [3.63, 3.8) is 0 Å². The zero-order valence-corrected chi connectivity index (χ0v) is 7.64. The number of hydrogen-bond donors (Lipinski definition) is 1. The van der Waals surface area contributed by atoms with Gasteiger partial charge in [-0.05, 0) is 44.1 Å². The average Bonchev–Trinajstić information content (AvgIpc) is 2.82. The summed E-state index contributed by atoms with van der Waals surface area (Å²) in [7, 11) is 2.13. The Kier molecular flexibility index (Phi) is 1.92. The Bertz CT molecular complexity index is 140. The van der Waals surface area contributed by atoms with Gasteiger partial charge in [0, 0.05) is 6.04 Å². The predicted molar refractivity (Wildman–Crippen MR) is 47.5 cm³/mol. The Morgan fingerprint density at radius 1 is 1.45 bits per heavy atom. The van der Waals surface area contributed by atoms with E-state index in [1.807, 2.05) is 0 Å². The van der Waals surface area contributed by atoms with Crippen LogP contribution in [0.4, 0.5) is 0 Å². The minimum absolute atomic E-state index is 0.875. The van der Waals surface area contributed by atoms with Crippen LogP contribution in [0.5, 0.6) is 0 Å². The summed E-state index contributed by atoms with van der Waals surface area (Å²) < 4.78 is 0. The molecule has 0 amide bonds. The Balaban J connectivity index is 1.82. The minimum Gasteiger partial charge on any atom is -0.316 e. The number of nitrogens with one attached hydrogen (secondary N) is 1. The first-order valence-electron chi connectivity index (χ1n) is 5.04. The minimum atomic E-state index is 0.875. The van der Waals surface area contributed by atoms with Crippen LogP contribution in [0.3, 0.4) is 0 Å². The molecule has 0 radical (unpaired) electrons. The van der Waals surface area contributed by atoms with Gasteiger partial charge in [0.2, 0.25) is 0 Å². The van der Waals surface area contributed by atoms with Gasteiger partial charge < -0.3 is 5.32 Å². The number of hydrogen-bond acceptors (Lipinski definition) is 1. The van der Waals surface area contributed by atoms with Crippen molar-refractivity contribution >= 4 is 0 Å². The summed E-state index contributed by atoms with van der Waals surface area (Å²) in [6.07, 6.45) is 5.87. The summed E-state index contributed by atoms with van der Waals surface area (Å²) in [5, 5.41) is 3.49. The third-order valence-electron chi connectivity index (χ3n) is 3.43. The zero-order chi connectivity index (χ0) is 7.84. The molecule has 0 saturated heterocycles. The van der Waals surface area contributed by atoms with Crippen molar-refractivity contribution in [2.24, 2.45) is 17.8 Å². The van der Waals surface area contributed by atoms with Crippen LogP contribution in [-0.4, -0.2) is 13.1 Å². The lowest BCUT2D eigenvalue weighted by Crippen LogP contribution is -2.30. The highest BCUT2D eigenvalue weighted by atomic mass is 14.9. The quantitative estimate of drug-likeness (QED) is 0.651. The second-order valence-corrected chi connectivity index (χ2v) is 4.22. The van der Waals surface area contributed by atoms with Gasteiger partial charge in [0.15, 0.2) is 0 Å². The van der Waals surface area contributed by atoms with Gasteiger partial charge in [-0.1, -0.05) is 13.3 Å². The van der Waals surface area contributed by atoms with Crippen molar-refractivity contribution in [3.05, 3.63) is 0 Å². The first-order valence-corrected chi connectivity index (χ1v) is 5.04. The fourth-order valence-corrected chi connectivity index (χ4v) is 2.43. The lowest BCUT2D eigenvalue weighted by Gasteiger charge is -2.14. The summed E-state index contributed by atoms with van der Waals surface area (Å²) in [5.74, 6) is 3.15. The van der Waals surface area contributed by atoms with Gasteiger partial charge in [-0.2, -0.15) is 0 Å². The van der Waals surface area contributed by atoms with Crippen LogP contribution in [-0.2, 0) is 0 Å². The third-order valence-corrected chi connectivity index (χ3v) is 3.43. The Morgan fingerprint density at radius 3 is 2.55 bits per heavy atom. The standard InChI is InChI=1S/C10H19N/c1-3-7-6-9(7)10(11-2)8-4-5-8/h7-11H,3-6H2,1-2H3. The molecule has 2 saturated carbocycles. The normalized spacial score (nSPS) is 38.7. The third kappa shape index (κ3) is 1.44. The summed E-state index contributed by atoms with van der Waals surface area (Å²) in [5.41, 5.74) is 0. The molecule has 0 aliphatic heterocycles. The first kappa shape index (κ1) is 7.60. The van der Waals surface area contributed by atoms with Gasteiger partial charge in [-0.3, -0.25) is 0 Å². The van der Waals surface area contributed by atoms with Gasteiger partial charge in [0.05, 0.1) is 0 Å². The maximum Gasteiger partial charge on any atom is 0.0123 e. The Hall–Kier alpha value is -0.0400. The van der Waals surface area contributed by atoms with Crippen LogP contribution in [0, 0.1) is 17.8 Å². The van der Waals surface area contributed by atoms with Crippen molar-refractivity contribution in [3.8, 4) is 0 Å². The van der Waals surface area contributed by atoms with Crippen molar-refractivity contribution in [2.75, 3.05) is 7.05 Å². The molecule has 0 aromatic rings. The summed E-state index contributed by atoms with van der Waals surface area (Å²) in [6, 6.07) is 0.875. The topological polar surface area (TPSA) is 12.0 Å². The maximum absolute atomic E-state index is 3.49. The average molecular weight is 153 g/mol. The van der Waals surface area contributed by atoms with Crippen LogP contribution in [0.15, 0.2) is 0 Å². The number of rotatable bonds is 4. The van der Waals surface area contributed by atoms with Crippen LogP contribution < -0.4 is 5.32 Å². The molecule has 3 atom stereocenters. The van der Waals surface area contributed by atoms with E-state index in [2.05, 4.69) is 19.3 Å². The molecule has 2 fully saturated rings. The van der Waals surface area contributed by atoms with Crippen molar-refractivity contribution < 1.29 is 0 Å². The molecule has 3 unspecified atom stereocenters. The Morgan fingerprint density at radius 2 is 2.18 bits per heavy atom. The molecule has 1 nitrogen and oxygen atoms in total. The molecule has 64 valence electrons. The fourth-order valence-electron chi connectivity index (χ4n) is 2.43. The van der Waals surface area contributed by atoms with E-state index in [0.717, 1.165) is 23.8 Å². The maximum atomic E-state index is 3.49. The van der Waals surface area contributed by atoms with Crippen molar-refractivity contribution in [2.45, 2.75) is 38.6 Å². The monoisotopic (exact) mass is 153 g/mol. The van der Waals surface area contributed by atoms with Crippen molar-refractivity contribution in [1.82, 2.24) is 5.32 Å². The van der Waals surface area contributed by atoms with E-state index in [1.165, 1.54) is 25.7 Å². The second-order valence-electron chi connectivity index (χ2n) is 4.22. The van der Waals surface area contributed by atoms with E-state index in [1.54, 1.807) is 0 Å². The smallest absolute Gasteiger partial charge is 0.0123 e. The molecule has 0 bridgehead atoms. The van der Waals surface area contributed by atoms with E-state index in [9.17, 15) is 0 Å². The predicted octanol–water partition coefficient (Wildman–Crippen LogP) is 2.03. The van der Waals surface area contributed by atoms with Crippen molar-refractivity contribution in [1.29, 1.82) is 0 Å². The molecular formula is C10H19N. The molecule has 2 rings (SSSR count). The van der Waals surface area contributed by atoms with Crippen LogP contribution in [0.2, 0.25) is 0 Å².